The zero-order valence-corrected chi connectivity index (χ0v) is 40.1. The Kier molecular flexibility index (Phi) is 11.9. The van der Waals surface area contributed by atoms with E-state index >= 15 is 0 Å². The van der Waals surface area contributed by atoms with Gasteiger partial charge in [0.2, 0.25) is 0 Å². The first-order chi connectivity index (χ1) is 31.8. The molecule has 10 rings (SSSR count). The van der Waals surface area contributed by atoms with Crippen LogP contribution in [0.5, 0.6) is 0 Å². The van der Waals surface area contributed by atoms with Gasteiger partial charge in [0.05, 0.1) is 0 Å². The van der Waals surface area contributed by atoms with Gasteiger partial charge in [0, 0.05) is 11.4 Å². The van der Waals surface area contributed by atoms with Crippen molar-refractivity contribution in [3.8, 4) is 77.9 Å². The second-order valence-corrected chi connectivity index (χ2v) is 32.4. The molecule has 0 radical (unpaired) electrons. The van der Waals surface area contributed by atoms with Crippen LogP contribution in [0.1, 0.15) is 0 Å². The van der Waals surface area contributed by atoms with Crippen LogP contribution in [0.2, 0.25) is 14.8 Å². The van der Waals surface area contributed by atoms with Crippen molar-refractivity contribution in [2.24, 2.45) is 0 Å². The van der Waals surface area contributed by atoms with E-state index in [0.717, 1.165) is 17.1 Å². The van der Waals surface area contributed by atoms with Crippen molar-refractivity contribution in [1.82, 2.24) is 0 Å². The van der Waals surface area contributed by atoms with Gasteiger partial charge in [-0.3, -0.25) is 0 Å². The third kappa shape index (κ3) is 9.39. The summed E-state index contributed by atoms with van der Waals surface area (Å²) in [7, 11) is 0. The Morgan fingerprint density at radius 2 is 0.446 bits per heavy atom. The van der Waals surface area contributed by atoms with E-state index in [1.807, 2.05) is 0 Å². The molecule has 0 aliphatic heterocycles. The van der Waals surface area contributed by atoms with Gasteiger partial charge in [-0.1, -0.05) is 121 Å². The summed E-state index contributed by atoms with van der Waals surface area (Å²) in [5.74, 6) is 0. The topological polar surface area (TPSA) is 3.24 Å². The summed E-state index contributed by atoms with van der Waals surface area (Å²) in [6.45, 7) is 0. The van der Waals surface area contributed by atoms with E-state index < -0.39 is 18.4 Å². The van der Waals surface area contributed by atoms with E-state index in [0.29, 0.717) is 0 Å². The fourth-order valence-electron chi connectivity index (χ4n) is 8.79. The van der Waals surface area contributed by atoms with Crippen molar-refractivity contribution in [3.05, 3.63) is 255 Å². The Bertz CT molecular complexity index is 3040. The van der Waals surface area contributed by atoms with E-state index in [1.54, 1.807) is 3.58 Å². The molecule has 0 amide bonds. The van der Waals surface area contributed by atoms with Crippen LogP contribution in [0.15, 0.2) is 255 Å². The maximum atomic E-state index is 2.48. The third-order valence-electron chi connectivity index (χ3n) is 12.4. The van der Waals surface area contributed by atoms with E-state index in [-0.39, 0.29) is 0 Å². The van der Waals surface area contributed by atoms with Crippen LogP contribution in [0, 0.1) is 0 Å². The molecule has 65 heavy (non-hydrogen) atoms. The fourth-order valence-corrected chi connectivity index (χ4v) is 12.1. The average Bonchev–Trinajstić information content (AvgIpc) is 3.37. The van der Waals surface area contributed by atoms with Crippen LogP contribution in [0.25, 0.3) is 77.9 Å². The van der Waals surface area contributed by atoms with Gasteiger partial charge in [-0.15, -0.1) is 0 Å². The van der Waals surface area contributed by atoms with Gasteiger partial charge in [0.25, 0.3) is 0 Å². The number of hydrogen-bond acceptors (Lipinski definition) is 1. The average molecular weight is 941 g/mol. The molecule has 312 valence electrons. The standard InChI is InChI=1S/C60H42N.3CH3.Sn/c1-5-15-44(16-6-1)51-23-13-25-53(39-51)48-27-33-58(34-28-48)61(59-35-29-49(30-36-59)54-26-14-24-52(40-54)45-17-7-2-8-18-45)60-37-31-50(32-38-60)57-42-55(46-19-9-3-10-20-46)41-56(43-57)47-21-11-4-12-22-47;;;;/h1-3,5-43H;3*1H3;. The van der Waals surface area contributed by atoms with Gasteiger partial charge in [-0.25, -0.2) is 0 Å². The van der Waals surface area contributed by atoms with Gasteiger partial charge < -0.3 is 0 Å². The summed E-state index contributed by atoms with van der Waals surface area (Å²) in [6.07, 6.45) is 0. The maximum absolute atomic E-state index is 2.48. The zero-order chi connectivity index (χ0) is 44.2. The summed E-state index contributed by atoms with van der Waals surface area (Å²) >= 11 is -2.19. The number of rotatable bonds is 11. The Morgan fingerprint density at radius 1 is 0.215 bits per heavy atom. The van der Waals surface area contributed by atoms with Crippen LogP contribution < -0.4 is 8.48 Å². The van der Waals surface area contributed by atoms with Crippen molar-refractivity contribution in [2.45, 2.75) is 14.8 Å². The minimum atomic E-state index is -2.19. The quantitative estimate of drug-likeness (QED) is 0.117. The van der Waals surface area contributed by atoms with Crippen LogP contribution >= 0.6 is 0 Å². The van der Waals surface area contributed by atoms with Gasteiger partial charge in [-0.05, 0) is 80.9 Å². The molecule has 10 aromatic rings. The van der Waals surface area contributed by atoms with Crippen molar-refractivity contribution < 1.29 is 0 Å². The number of anilines is 3. The summed E-state index contributed by atoms with van der Waals surface area (Å²) in [6, 6.07) is 93.1. The molecule has 0 atom stereocenters. The fraction of sp³-hybridized carbons (Fsp3) is 0.0476. The van der Waals surface area contributed by atoms with Gasteiger partial charge in [-0.2, -0.15) is 0 Å². The first-order valence-electron chi connectivity index (χ1n) is 22.6. The van der Waals surface area contributed by atoms with E-state index in [4.69, 9.17) is 0 Å². The molecule has 0 N–H and O–H groups in total. The Morgan fingerprint density at radius 3 is 0.754 bits per heavy atom. The van der Waals surface area contributed by atoms with Crippen molar-refractivity contribution in [3.63, 3.8) is 0 Å². The second-order valence-electron chi connectivity index (χ2n) is 17.9. The Balaban J connectivity index is 1.02. The van der Waals surface area contributed by atoms with Crippen molar-refractivity contribution in [1.29, 1.82) is 0 Å². The third-order valence-corrected chi connectivity index (χ3v) is 18.3. The summed E-state index contributed by atoms with van der Waals surface area (Å²) in [5, 5.41) is 0. The summed E-state index contributed by atoms with van der Waals surface area (Å²) in [5.41, 5.74) is 20.2. The minimum absolute atomic E-state index is 1.09. The summed E-state index contributed by atoms with van der Waals surface area (Å²) in [4.78, 5) is 9.80. The molecule has 0 heterocycles. The predicted molar refractivity (Wildman–Crippen MR) is 282 cm³/mol. The van der Waals surface area contributed by atoms with E-state index in [1.165, 1.54) is 77.9 Å². The van der Waals surface area contributed by atoms with Gasteiger partial charge >= 0.3 is 178 Å². The SMILES string of the molecule is [CH3][Sn]([CH3])([CH3])[c]1ccc(-c2cc(-c3ccccc3)cc(-c3ccc(N(c4ccc(-c5cccc(-c6ccccc6)c5)cc4)c4ccc(-c5cccc(-c6ccccc6)c5)cc4)cc3)c2)cc1. The van der Waals surface area contributed by atoms with E-state index in [9.17, 15) is 0 Å². The molecule has 0 aliphatic carbocycles. The Labute approximate surface area is 388 Å². The normalized spacial score (nSPS) is 11.3. The van der Waals surface area contributed by atoms with Crippen LogP contribution in [-0.2, 0) is 0 Å². The number of benzene rings is 10. The van der Waals surface area contributed by atoms with Gasteiger partial charge in [0.15, 0.2) is 0 Å². The Hall–Kier alpha value is -7.20. The number of hydrogen-bond donors (Lipinski definition) is 0. The molecule has 0 saturated heterocycles. The second kappa shape index (κ2) is 18.5. The molecule has 0 spiro atoms. The molecule has 0 saturated carbocycles. The molecule has 10 aromatic carbocycles. The molecule has 2 heteroatoms. The first kappa shape index (κ1) is 41.8. The van der Waals surface area contributed by atoms with Gasteiger partial charge in [0.1, 0.15) is 0 Å². The zero-order valence-electron chi connectivity index (χ0n) is 37.2. The van der Waals surface area contributed by atoms with E-state index in [2.05, 4.69) is 275 Å². The molecule has 0 fully saturated rings. The molecule has 0 unspecified atom stereocenters. The summed E-state index contributed by atoms with van der Waals surface area (Å²) < 4.78 is 1.54. The molecule has 0 aliphatic rings. The molecular weight excluding hydrogens is 889 g/mol. The molecular formula is C63H51NSn. The predicted octanol–water partition coefficient (Wildman–Crippen LogP) is 17.4. The molecule has 1 nitrogen and oxygen atoms in total. The number of nitrogens with zero attached hydrogens (tertiary/aromatic N) is 1. The monoisotopic (exact) mass is 941 g/mol. The van der Waals surface area contributed by atoms with Crippen molar-refractivity contribution in [2.75, 3.05) is 4.90 Å². The molecule has 0 aromatic heterocycles. The van der Waals surface area contributed by atoms with Crippen LogP contribution in [0.3, 0.4) is 0 Å². The van der Waals surface area contributed by atoms with Crippen molar-refractivity contribution >= 4 is 39.0 Å². The van der Waals surface area contributed by atoms with Crippen LogP contribution in [0.4, 0.5) is 17.1 Å². The first-order valence-corrected chi connectivity index (χ1v) is 32.6. The van der Waals surface area contributed by atoms with Crippen LogP contribution in [-0.4, -0.2) is 18.4 Å². The molecule has 0 bridgehead atoms.